The Balaban J connectivity index is 1.73. The highest BCUT2D eigenvalue weighted by Crippen LogP contribution is 2.27. The molecule has 0 aliphatic heterocycles. The van der Waals surface area contributed by atoms with Gasteiger partial charge in [-0.2, -0.15) is 0 Å². The lowest BCUT2D eigenvalue weighted by Gasteiger charge is -2.20. The van der Waals surface area contributed by atoms with E-state index in [-0.39, 0.29) is 0 Å². The predicted octanol–water partition coefficient (Wildman–Crippen LogP) is 4.05. The second-order valence-corrected chi connectivity index (χ2v) is 6.75. The molecule has 116 valence electrons. The molecular formula is C18H28N2O. The number of hydrogen-bond donors (Lipinski definition) is 1. The number of nitrogens with zero attached hydrogens (tertiary/aromatic N) is 1. The van der Waals surface area contributed by atoms with Crippen LogP contribution in [0.4, 0.5) is 0 Å². The van der Waals surface area contributed by atoms with Crippen molar-refractivity contribution in [3.8, 4) is 5.88 Å². The van der Waals surface area contributed by atoms with Crippen molar-refractivity contribution in [1.29, 1.82) is 0 Å². The van der Waals surface area contributed by atoms with Crippen molar-refractivity contribution >= 4 is 0 Å². The fourth-order valence-corrected chi connectivity index (χ4v) is 3.19. The topological polar surface area (TPSA) is 34.1 Å². The van der Waals surface area contributed by atoms with Gasteiger partial charge in [-0.1, -0.05) is 12.8 Å². The maximum absolute atomic E-state index is 6.33. The summed E-state index contributed by atoms with van der Waals surface area (Å²) in [6.45, 7) is 5.13. The number of pyridine rings is 1. The van der Waals surface area contributed by atoms with Gasteiger partial charge in [0, 0.05) is 23.8 Å². The van der Waals surface area contributed by atoms with Crippen molar-refractivity contribution in [1.82, 2.24) is 10.3 Å². The molecule has 0 radical (unpaired) electrons. The van der Waals surface area contributed by atoms with Crippen LogP contribution in [0.2, 0.25) is 0 Å². The number of nitrogens with one attached hydrogen (secondary N) is 1. The first-order valence-corrected chi connectivity index (χ1v) is 8.59. The quantitative estimate of drug-likeness (QED) is 0.830. The third-order valence-electron chi connectivity index (χ3n) is 4.66. The van der Waals surface area contributed by atoms with E-state index in [9.17, 15) is 0 Å². The zero-order chi connectivity index (χ0) is 14.7. The Morgan fingerprint density at radius 3 is 2.48 bits per heavy atom. The number of ether oxygens (including phenoxy) is 1. The molecule has 3 rings (SSSR count). The number of rotatable bonds is 5. The van der Waals surface area contributed by atoms with E-state index in [1.807, 2.05) is 0 Å². The number of aryl methyl sites for hydroxylation is 2. The van der Waals surface area contributed by atoms with E-state index >= 15 is 0 Å². The maximum atomic E-state index is 6.33. The molecule has 1 aromatic heterocycles. The summed E-state index contributed by atoms with van der Waals surface area (Å²) in [5, 5.41) is 3.60. The smallest absolute Gasteiger partial charge is 0.218 e. The minimum atomic E-state index is 0.362. The fourth-order valence-electron chi connectivity index (χ4n) is 3.19. The number of hydrogen-bond acceptors (Lipinski definition) is 3. The van der Waals surface area contributed by atoms with E-state index in [0.717, 1.165) is 24.2 Å². The minimum absolute atomic E-state index is 0.362. The van der Waals surface area contributed by atoms with Crippen LogP contribution in [-0.4, -0.2) is 17.1 Å². The van der Waals surface area contributed by atoms with E-state index in [4.69, 9.17) is 9.72 Å². The third-order valence-corrected chi connectivity index (χ3v) is 4.66. The highest BCUT2D eigenvalue weighted by Gasteiger charge is 2.22. The lowest BCUT2D eigenvalue weighted by Crippen LogP contribution is -2.21. The first kappa shape index (κ1) is 14.8. The Morgan fingerprint density at radius 1 is 1.10 bits per heavy atom. The molecule has 2 fully saturated rings. The molecule has 0 atom stereocenters. The average Bonchev–Trinajstić information content (AvgIpc) is 3.25. The second kappa shape index (κ2) is 6.78. The van der Waals surface area contributed by atoms with Gasteiger partial charge in [-0.05, 0) is 64.0 Å². The van der Waals surface area contributed by atoms with Gasteiger partial charge in [-0.3, -0.25) is 0 Å². The molecule has 0 bridgehead atoms. The zero-order valence-corrected chi connectivity index (χ0v) is 13.5. The van der Waals surface area contributed by atoms with Gasteiger partial charge in [-0.15, -0.1) is 0 Å². The molecule has 2 saturated carbocycles. The summed E-state index contributed by atoms with van der Waals surface area (Å²) in [4.78, 5) is 4.69. The summed E-state index contributed by atoms with van der Waals surface area (Å²) in [5.74, 6) is 0.882. The van der Waals surface area contributed by atoms with E-state index < -0.39 is 0 Å². The van der Waals surface area contributed by atoms with E-state index in [1.165, 1.54) is 62.5 Å². The van der Waals surface area contributed by atoms with Crippen molar-refractivity contribution in [3.05, 3.63) is 22.9 Å². The molecule has 3 heteroatoms. The van der Waals surface area contributed by atoms with Crippen molar-refractivity contribution in [2.24, 2.45) is 0 Å². The zero-order valence-electron chi connectivity index (χ0n) is 13.5. The van der Waals surface area contributed by atoms with Gasteiger partial charge >= 0.3 is 0 Å². The summed E-state index contributed by atoms with van der Waals surface area (Å²) < 4.78 is 6.33. The Labute approximate surface area is 128 Å². The van der Waals surface area contributed by atoms with Gasteiger partial charge in [-0.25, -0.2) is 4.98 Å². The van der Waals surface area contributed by atoms with Gasteiger partial charge in [0.2, 0.25) is 5.88 Å². The fraction of sp³-hybridized carbons (Fsp3) is 0.722. The molecule has 2 aliphatic carbocycles. The van der Waals surface area contributed by atoms with Crippen LogP contribution in [0.15, 0.2) is 6.07 Å². The van der Waals surface area contributed by atoms with Gasteiger partial charge in [0.25, 0.3) is 0 Å². The van der Waals surface area contributed by atoms with E-state index in [2.05, 4.69) is 25.2 Å². The minimum Gasteiger partial charge on any atom is -0.474 e. The highest BCUT2D eigenvalue weighted by atomic mass is 16.5. The normalized spacial score (nSPS) is 20.3. The molecule has 0 amide bonds. The first-order chi connectivity index (χ1) is 10.2. The molecule has 1 N–H and O–H groups in total. The van der Waals surface area contributed by atoms with Gasteiger partial charge < -0.3 is 10.1 Å². The molecule has 3 nitrogen and oxygen atoms in total. The second-order valence-electron chi connectivity index (χ2n) is 6.75. The van der Waals surface area contributed by atoms with Crippen molar-refractivity contribution in [2.45, 2.75) is 83.9 Å². The van der Waals surface area contributed by atoms with Crippen LogP contribution in [0.1, 0.15) is 68.2 Å². The third kappa shape index (κ3) is 4.19. The number of aromatic nitrogens is 1. The Bertz CT molecular complexity index is 474. The summed E-state index contributed by atoms with van der Waals surface area (Å²) in [5.41, 5.74) is 3.63. The van der Waals surface area contributed by atoms with Crippen LogP contribution in [-0.2, 0) is 6.54 Å². The van der Waals surface area contributed by atoms with Crippen LogP contribution in [0.3, 0.4) is 0 Å². The SMILES string of the molecule is Cc1cc(C)c(CNC2CC2)c(OC2CCCCCC2)n1. The maximum Gasteiger partial charge on any atom is 0.218 e. The van der Waals surface area contributed by atoms with Crippen LogP contribution in [0.5, 0.6) is 5.88 Å². The molecule has 0 aromatic carbocycles. The standard InChI is InChI=1S/C18H28N2O/c1-13-11-14(2)20-18(17(13)12-19-15-9-10-15)21-16-7-5-3-4-6-8-16/h11,15-16,19H,3-10,12H2,1-2H3. The van der Waals surface area contributed by atoms with Gasteiger partial charge in [0.1, 0.15) is 6.10 Å². The van der Waals surface area contributed by atoms with E-state index in [1.54, 1.807) is 0 Å². The molecule has 1 heterocycles. The molecule has 0 unspecified atom stereocenters. The van der Waals surface area contributed by atoms with E-state index in [0.29, 0.717) is 6.10 Å². The van der Waals surface area contributed by atoms with Crippen LogP contribution >= 0.6 is 0 Å². The van der Waals surface area contributed by atoms with Crippen molar-refractivity contribution in [2.75, 3.05) is 0 Å². The van der Waals surface area contributed by atoms with Crippen LogP contribution in [0.25, 0.3) is 0 Å². The first-order valence-electron chi connectivity index (χ1n) is 8.59. The largest absolute Gasteiger partial charge is 0.474 e. The van der Waals surface area contributed by atoms with Gasteiger partial charge in [0.15, 0.2) is 0 Å². The van der Waals surface area contributed by atoms with Crippen LogP contribution in [0, 0.1) is 13.8 Å². The van der Waals surface area contributed by atoms with Crippen molar-refractivity contribution in [3.63, 3.8) is 0 Å². The Kier molecular flexibility index (Phi) is 4.79. The molecule has 2 aliphatic rings. The molecule has 0 spiro atoms. The lowest BCUT2D eigenvalue weighted by atomic mass is 10.1. The Hall–Kier alpha value is -1.09. The summed E-state index contributed by atoms with van der Waals surface area (Å²) >= 11 is 0. The molecule has 0 saturated heterocycles. The summed E-state index contributed by atoms with van der Waals surface area (Å²) in [6, 6.07) is 2.89. The monoisotopic (exact) mass is 288 g/mol. The highest BCUT2D eigenvalue weighted by molar-refractivity contribution is 5.36. The molecular weight excluding hydrogens is 260 g/mol. The van der Waals surface area contributed by atoms with Crippen molar-refractivity contribution < 1.29 is 4.74 Å². The lowest BCUT2D eigenvalue weighted by molar-refractivity contribution is 0.173. The Morgan fingerprint density at radius 2 is 1.81 bits per heavy atom. The van der Waals surface area contributed by atoms with Gasteiger partial charge in [0.05, 0.1) is 0 Å². The summed E-state index contributed by atoms with van der Waals surface area (Å²) in [6.07, 6.45) is 10.7. The van der Waals surface area contributed by atoms with Crippen LogP contribution < -0.4 is 10.1 Å². The average molecular weight is 288 g/mol. The molecule has 21 heavy (non-hydrogen) atoms. The summed E-state index contributed by atoms with van der Waals surface area (Å²) in [7, 11) is 0. The predicted molar refractivity (Wildman–Crippen MR) is 85.7 cm³/mol. The molecule has 1 aromatic rings.